The molecule has 3 aromatic rings. The fraction of sp³-hybridized carbons (Fsp3) is 0.273. The van der Waals surface area contributed by atoms with Crippen LogP contribution in [0.1, 0.15) is 18.5 Å². The van der Waals surface area contributed by atoms with E-state index in [0.717, 1.165) is 5.56 Å². The summed E-state index contributed by atoms with van der Waals surface area (Å²) in [7, 11) is -3.74. The summed E-state index contributed by atoms with van der Waals surface area (Å²) in [6, 6.07) is 10.4. The van der Waals surface area contributed by atoms with Crippen LogP contribution >= 0.6 is 11.3 Å². The zero-order valence-electron chi connectivity index (χ0n) is 17.5. The molecule has 1 N–H and O–H groups in total. The van der Waals surface area contributed by atoms with E-state index in [1.54, 1.807) is 23.6 Å². The van der Waals surface area contributed by atoms with Crippen LogP contribution in [0.4, 0.5) is 4.39 Å². The number of nitrogens with one attached hydrogen (secondary N) is 1. The van der Waals surface area contributed by atoms with E-state index >= 15 is 0 Å². The first-order valence-electron chi connectivity index (χ1n) is 10.2. The Morgan fingerprint density at radius 2 is 1.88 bits per heavy atom. The van der Waals surface area contributed by atoms with Gasteiger partial charge in [-0.1, -0.05) is 0 Å². The molecule has 0 bridgehead atoms. The standard InChI is InChI=1S/C22H21FN2O6S2/c23-16-5-3-15(4-6-16)22-25-17(14-32-22)13-31-21(26)2-1-9-24-33(27,28)18-7-8-19-20(12-18)30-11-10-29-19/h3-8,12,14,24H,1-2,9-11,13H2. The molecular weight excluding hydrogens is 471 g/mol. The maximum atomic E-state index is 13.0. The SMILES string of the molecule is O=C(CCCNS(=O)(=O)c1ccc2c(c1)OCCO2)OCc1csc(-c2ccc(F)cc2)n1. The van der Waals surface area contributed by atoms with Gasteiger partial charge in [-0.2, -0.15) is 0 Å². The Labute approximate surface area is 194 Å². The Balaban J connectivity index is 1.20. The van der Waals surface area contributed by atoms with Crippen LogP contribution in [0.25, 0.3) is 10.6 Å². The Morgan fingerprint density at radius 3 is 2.67 bits per heavy atom. The molecular formula is C22H21FN2O6S2. The Bertz CT molecular complexity index is 1230. The quantitative estimate of drug-likeness (QED) is 0.360. The summed E-state index contributed by atoms with van der Waals surface area (Å²) in [5.41, 5.74) is 1.37. The summed E-state index contributed by atoms with van der Waals surface area (Å²) in [4.78, 5) is 16.4. The molecule has 0 unspecified atom stereocenters. The average Bonchev–Trinajstić information content (AvgIpc) is 3.30. The second kappa shape index (κ2) is 10.3. The van der Waals surface area contributed by atoms with E-state index in [2.05, 4.69) is 9.71 Å². The molecule has 0 fully saturated rings. The van der Waals surface area contributed by atoms with Crippen LogP contribution in [-0.2, 0) is 26.2 Å². The van der Waals surface area contributed by atoms with E-state index in [4.69, 9.17) is 14.2 Å². The molecule has 8 nitrogen and oxygen atoms in total. The van der Waals surface area contributed by atoms with Gasteiger partial charge in [-0.05, 0) is 42.8 Å². The van der Waals surface area contributed by atoms with Crippen LogP contribution in [0.3, 0.4) is 0 Å². The van der Waals surface area contributed by atoms with Crippen LogP contribution < -0.4 is 14.2 Å². The van der Waals surface area contributed by atoms with Crippen LogP contribution in [-0.4, -0.2) is 39.1 Å². The largest absolute Gasteiger partial charge is 0.486 e. The zero-order chi connectivity index (χ0) is 23.3. The number of carbonyl (C=O) groups is 1. The number of aromatic nitrogens is 1. The molecule has 0 atom stereocenters. The summed E-state index contributed by atoms with van der Waals surface area (Å²) in [6.07, 6.45) is 0.332. The molecule has 1 aromatic heterocycles. The molecule has 2 aromatic carbocycles. The van der Waals surface area contributed by atoms with Crippen molar-refractivity contribution in [2.24, 2.45) is 0 Å². The van der Waals surface area contributed by atoms with E-state index in [1.807, 2.05) is 0 Å². The number of benzene rings is 2. The summed E-state index contributed by atoms with van der Waals surface area (Å²) in [5.74, 6) is 0.119. The highest BCUT2D eigenvalue weighted by Crippen LogP contribution is 2.32. The summed E-state index contributed by atoms with van der Waals surface area (Å²) >= 11 is 1.37. The minimum atomic E-state index is -3.74. The number of rotatable bonds is 9. The van der Waals surface area contributed by atoms with Crippen molar-refractivity contribution in [1.82, 2.24) is 9.71 Å². The average molecular weight is 493 g/mol. The highest BCUT2D eigenvalue weighted by molar-refractivity contribution is 7.89. The minimum Gasteiger partial charge on any atom is -0.486 e. The number of hydrogen-bond acceptors (Lipinski definition) is 8. The molecule has 0 saturated carbocycles. The zero-order valence-corrected chi connectivity index (χ0v) is 19.1. The first-order chi connectivity index (χ1) is 15.9. The van der Waals surface area contributed by atoms with E-state index < -0.39 is 16.0 Å². The number of carbonyl (C=O) groups excluding carboxylic acids is 1. The molecule has 174 valence electrons. The van der Waals surface area contributed by atoms with Gasteiger partial charge in [0.05, 0.1) is 10.6 Å². The lowest BCUT2D eigenvalue weighted by Gasteiger charge is -2.18. The summed E-state index contributed by atoms with van der Waals surface area (Å²) < 4.78 is 56.4. The molecule has 2 heterocycles. The number of hydrogen-bond donors (Lipinski definition) is 1. The number of halogens is 1. The number of thiazole rings is 1. The lowest BCUT2D eigenvalue weighted by Crippen LogP contribution is -2.25. The highest BCUT2D eigenvalue weighted by Gasteiger charge is 2.19. The van der Waals surface area contributed by atoms with Gasteiger partial charge in [0.2, 0.25) is 10.0 Å². The van der Waals surface area contributed by atoms with Gasteiger partial charge < -0.3 is 14.2 Å². The minimum absolute atomic E-state index is 0.0133. The second-order valence-corrected chi connectivity index (χ2v) is 9.74. The van der Waals surface area contributed by atoms with E-state index in [1.165, 1.54) is 35.6 Å². The monoisotopic (exact) mass is 492 g/mol. The van der Waals surface area contributed by atoms with Gasteiger partial charge in [-0.25, -0.2) is 22.5 Å². The van der Waals surface area contributed by atoms with E-state index in [-0.39, 0.29) is 36.7 Å². The first kappa shape index (κ1) is 23.1. The van der Waals surface area contributed by atoms with Crippen LogP contribution in [0.5, 0.6) is 11.5 Å². The fourth-order valence-electron chi connectivity index (χ4n) is 3.04. The number of sulfonamides is 1. The second-order valence-electron chi connectivity index (χ2n) is 7.12. The maximum absolute atomic E-state index is 13.0. The first-order valence-corrected chi connectivity index (χ1v) is 12.5. The third-order valence-electron chi connectivity index (χ3n) is 4.70. The van der Waals surface area contributed by atoms with Gasteiger partial charge in [0.15, 0.2) is 11.5 Å². The molecule has 1 aliphatic heterocycles. The predicted molar refractivity (Wildman–Crippen MR) is 119 cm³/mol. The lowest BCUT2D eigenvalue weighted by atomic mass is 10.2. The van der Waals surface area contributed by atoms with Gasteiger partial charge in [-0.15, -0.1) is 11.3 Å². The topological polar surface area (TPSA) is 104 Å². The van der Waals surface area contributed by atoms with Gasteiger partial charge in [0.25, 0.3) is 0 Å². The number of esters is 1. The van der Waals surface area contributed by atoms with Crippen molar-refractivity contribution in [2.75, 3.05) is 19.8 Å². The van der Waals surface area contributed by atoms with Crippen LogP contribution in [0.2, 0.25) is 0 Å². The van der Waals surface area contributed by atoms with Crippen molar-refractivity contribution in [3.63, 3.8) is 0 Å². The Hall–Kier alpha value is -3.02. The molecule has 0 spiro atoms. The molecule has 0 aliphatic carbocycles. The van der Waals surface area contributed by atoms with Crippen LogP contribution in [0, 0.1) is 5.82 Å². The predicted octanol–water partition coefficient (Wildman–Crippen LogP) is 3.52. The highest BCUT2D eigenvalue weighted by atomic mass is 32.2. The molecule has 11 heteroatoms. The van der Waals surface area contributed by atoms with Crippen molar-refractivity contribution in [3.05, 3.63) is 59.4 Å². The normalized spacial score (nSPS) is 13.0. The van der Waals surface area contributed by atoms with Crippen molar-refractivity contribution < 1.29 is 31.8 Å². The fourth-order valence-corrected chi connectivity index (χ4v) is 4.94. The number of ether oxygens (including phenoxy) is 3. The third kappa shape index (κ3) is 6.06. The van der Waals surface area contributed by atoms with Crippen molar-refractivity contribution in [3.8, 4) is 22.1 Å². The molecule has 4 rings (SSSR count). The van der Waals surface area contributed by atoms with Gasteiger partial charge in [0, 0.05) is 30.0 Å². The molecule has 0 radical (unpaired) electrons. The molecule has 33 heavy (non-hydrogen) atoms. The number of nitrogens with zero attached hydrogens (tertiary/aromatic N) is 1. The van der Waals surface area contributed by atoms with Gasteiger partial charge in [0.1, 0.15) is 30.6 Å². The molecule has 0 amide bonds. The Kier molecular flexibility index (Phi) is 7.21. The lowest BCUT2D eigenvalue weighted by molar-refractivity contribution is -0.145. The molecule has 0 saturated heterocycles. The van der Waals surface area contributed by atoms with Crippen molar-refractivity contribution in [1.29, 1.82) is 0 Å². The van der Waals surface area contributed by atoms with Gasteiger partial charge in [-0.3, -0.25) is 4.79 Å². The van der Waals surface area contributed by atoms with Crippen LogP contribution in [0.15, 0.2) is 52.7 Å². The summed E-state index contributed by atoms with van der Waals surface area (Å²) in [6.45, 7) is 0.878. The van der Waals surface area contributed by atoms with E-state index in [0.29, 0.717) is 35.4 Å². The van der Waals surface area contributed by atoms with E-state index in [9.17, 15) is 17.6 Å². The van der Waals surface area contributed by atoms with Gasteiger partial charge >= 0.3 is 5.97 Å². The van der Waals surface area contributed by atoms with Crippen molar-refractivity contribution >= 4 is 27.3 Å². The smallest absolute Gasteiger partial charge is 0.306 e. The molecule has 1 aliphatic rings. The number of fused-ring (bicyclic) bond motifs is 1. The Morgan fingerprint density at radius 1 is 1.12 bits per heavy atom. The maximum Gasteiger partial charge on any atom is 0.306 e. The third-order valence-corrected chi connectivity index (χ3v) is 7.10. The van der Waals surface area contributed by atoms with Crippen molar-refractivity contribution in [2.45, 2.75) is 24.3 Å². The summed E-state index contributed by atoms with van der Waals surface area (Å²) in [5, 5.41) is 2.47.